The van der Waals surface area contributed by atoms with Crippen molar-refractivity contribution >= 4 is 21.7 Å². The van der Waals surface area contributed by atoms with Crippen molar-refractivity contribution in [3.8, 4) is 5.75 Å². The quantitative estimate of drug-likeness (QED) is 0.433. The summed E-state index contributed by atoms with van der Waals surface area (Å²) in [6.07, 6.45) is 3.30. The molecule has 4 heteroatoms. The number of ether oxygens (including phenoxy) is 1. The molecule has 0 amide bonds. The van der Waals surface area contributed by atoms with Crippen molar-refractivity contribution in [3.05, 3.63) is 29.6 Å². The largest absolute Gasteiger partial charge is 0.496 e. The van der Waals surface area contributed by atoms with E-state index in [2.05, 4.69) is 15.9 Å². The number of benzene rings is 1. The Morgan fingerprint density at radius 1 is 1.35 bits per heavy atom. The van der Waals surface area contributed by atoms with Crippen molar-refractivity contribution in [2.24, 2.45) is 0 Å². The van der Waals surface area contributed by atoms with E-state index in [0.29, 0.717) is 17.7 Å². The summed E-state index contributed by atoms with van der Waals surface area (Å²) in [7, 11) is 1.48. The van der Waals surface area contributed by atoms with Gasteiger partial charge in [-0.3, -0.25) is 4.79 Å². The molecule has 0 fully saturated rings. The molecular formula is C13H16BrFO2. The predicted molar refractivity (Wildman–Crippen MR) is 69.5 cm³/mol. The van der Waals surface area contributed by atoms with Crippen LogP contribution < -0.4 is 4.74 Å². The molecule has 94 valence electrons. The average Bonchev–Trinajstić information content (AvgIpc) is 2.34. The van der Waals surface area contributed by atoms with Gasteiger partial charge >= 0.3 is 0 Å². The second-order valence-corrected chi connectivity index (χ2v) is 4.56. The van der Waals surface area contributed by atoms with Gasteiger partial charge in [-0.05, 0) is 31.0 Å². The molecule has 1 aromatic rings. The maximum atomic E-state index is 13.1. The Balaban J connectivity index is 2.64. The molecule has 1 aromatic carbocycles. The van der Waals surface area contributed by atoms with Gasteiger partial charge in [0, 0.05) is 11.8 Å². The van der Waals surface area contributed by atoms with Crippen LogP contribution in [0.25, 0.3) is 0 Å². The van der Waals surface area contributed by atoms with Crippen LogP contribution in [0.4, 0.5) is 4.39 Å². The summed E-state index contributed by atoms with van der Waals surface area (Å²) in [6.45, 7) is 0. The monoisotopic (exact) mass is 302 g/mol. The SMILES string of the molecule is COc1ccc(F)cc1C(=O)CCCCCBr. The average molecular weight is 303 g/mol. The lowest BCUT2D eigenvalue weighted by Crippen LogP contribution is -2.03. The lowest BCUT2D eigenvalue weighted by Gasteiger charge is -2.07. The zero-order valence-corrected chi connectivity index (χ0v) is 11.4. The minimum atomic E-state index is -0.408. The molecule has 0 saturated carbocycles. The van der Waals surface area contributed by atoms with Gasteiger partial charge in [-0.1, -0.05) is 22.4 Å². The number of rotatable bonds is 7. The van der Waals surface area contributed by atoms with Crippen molar-refractivity contribution in [1.29, 1.82) is 0 Å². The van der Waals surface area contributed by atoms with Crippen LogP contribution in [-0.4, -0.2) is 18.2 Å². The fraction of sp³-hybridized carbons (Fsp3) is 0.462. The van der Waals surface area contributed by atoms with Gasteiger partial charge in [0.25, 0.3) is 0 Å². The summed E-state index contributed by atoms with van der Waals surface area (Å²) in [5.41, 5.74) is 0.339. The lowest BCUT2D eigenvalue weighted by molar-refractivity contribution is 0.0976. The summed E-state index contributed by atoms with van der Waals surface area (Å²) >= 11 is 3.34. The number of halogens is 2. The molecule has 0 aliphatic rings. The molecule has 0 atom stereocenters. The van der Waals surface area contributed by atoms with Gasteiger partial charge in [-0.15, -0.1) is 0 Å². The minimum absolute atomic E-state index is 0.0593. The number of hydrogen-bond donors (Lipinski definition) is 0. The molecule has 2 nitrogen and oxygen atoms in total. The second kappa shape index (κ2) is 7.43. The first-order chi connectivity index (χ1) is 8.19. The fourth-order valence-electron chi connectivity index (χ4n) is 1.59. The van der Waals surface area contributed by atoms with Crippen LogP contribution >= 0.6 is 15.9 Å². The Morgan fingerprint density at radius 2 is 2.12 bits per heavy atom. The lowest BCUT2D eigenvalue weighted by atomic mass is 10.0. The molecule has 0 N–H and O–H groups in total. The third-order valence-corrected chi connectivity index (χ3v) is 3.06. The Bertz CT molecular complexity index is 380. The van der Waals surface area contributed by atoms with Crippen LogP contribution in [0.5, 0.6) is 5.75 Å². The molecule has 0 saturated heterocycles. The van der Waals surface area contributed by atoms with Gasteiger partial charge in [0.1, 0.15) is 11.6 Å². The summed E-state index contributed by atoms with van der Waals surface area (Å²) < 4.78 is 18.1. The van der Waals surface area contributed by atoms with Gasteiger partial charge in [0.15, 0.2) is 5.78 Å². The number of alkyl halides is 1. The highest BCUT2D eigenvalue weighted by Gasteiger charge is 2.12. The highest BCUT2D eigenvalue weighted by molar-refractivity contribution is 9.09. The van der Waals surface area contributed by atoms with Crippen molar-refractivity contribution < 1.29 is 13.9 Å². The van der Waals surface area contributed by atoms with Crippen LogP contribution in [0.1, 0.15) is 36.0 Å². The van der Waals surface area contributed by atoms with E-state index >= 15 is 0 Å². The number of hydrogen-bond acceptors (Lipinski definition) is 2. The zero-order chi connectivity index (χ0) is 12.7. The zero-order valence-electron chi connectivity index (χ0n) is 9.84. The highest BCUT2D eigenvalue weighted by atomic mass is 79.9. The molecule has 0 bridgehead atoms. The molecule has 0 spiro atoms. The number of methoxy groups -OCH3 is 1. The Hall–Kier alpha value is -0.900. The van der Waals surface area contributed by atoms with Crippen LogP contribution in [0.15, 0.2) is 18.2 Å². The van der Waals surface area contributed by atoms with Crippen molar-refractivity contribution in [2.75, 3.05) is 12.4 Å². The van der Waals surface area contributed by atoms with Crippen LogP contribution in [-0.2, 0) is 0 Å². The van der Waals surface area contributed by atoms with Gasteiger partial charge in [-0.25, -0.2) is 4.39 Å². The number of unbranched alkanes of at least 4 members (excludes halogenated alkanes) is 2. The van der Waals surface area contributed by atoms with Crippen molar-refractivity contribution in [3.63, 3.8) is 0 Å². The van der Waals surface area contributed by atoms with Crippen LogP contribution in [0.2, 0.25) is 0 Å². The van der Waals surface area contributed by atoms with E-state index in [-0.39, 0.29) is 5.78 Å². The van der Waals surface area contributed by atoms with E-state index in [0.717, 1.165) is 24.6 Å². The van der Waals surface area contributed by atoms with Crippen LogP contribution in [0.3, 0.4) is 0 Å². The topological polar surface area (TPSA) is 26.3 Å². The summed E-state index contributed by atoms with van der Waals surface area (Å²) in [4.78, 5) is 11.9. The predicted octanol–water partition coefficient (Wildman–Crippen LogP) is 3.97. The Morgan fingerprint density at radius 3 is 2.76 bits per heavy atom. The van der Waals surface area contributed by atoms with Gasteiger partial charge < -0.3 is 4.74 Å². The normalized spacial score (nSPS) is 10.3. The summed E-state index contributed by atoms with van der Waals surface area (Å²) in [5, 5.41) is 0.949. The van der Waals surface area contributed by atoms with Crippen molar-refractivity contribution in [2.45, 2.75) is 25.7 Å². The van der Waals surface area contributed by atoms with Gasteiger partial charge in [0.05, 0.1) is 12.7 Å². The fourth-order valence-corrected chi connectivity index (χ4v) is 1.99. The van der Waals surface area contributed by atoms with Crippen LogP contribution in [0, 0.1) is 5.82 Å². The van der Waals surface area contributed by atoms with E-state index < -0.39 is 5.82 Å². The number of Topliss-reactive ketones (excluding diaryl/α,β-unsaturated/α-hetero) is 1. The molecule has 17 heavy (non-hydrogen) atoms. The first kappa shape index (κ1) is 14.2. The molecule has 0 unspecified atom stereocenters. The third-order valence-electron chi connectivity index (χ3n) is 2.50. The highest BCUT2D eigenvalue weighted by Crippen LogP contribution is 2.21. The Labute approximate surface area is 109 Å². The van der Waals surface area contributed by atoms with Crippen molar-refractivity contribution in [1.82, 2.24) is 0 Å². The first-order valence-corrected chi connectivity index (χ1v) is 6.74. The van der Waals surface area contributed by atoms with E-state index in [9.17, 15) is 9.18 Å². The molecule has 0 aromatic heterocycles. The third kappa shape index (κ3) is 4.46. The number of ketones is 1. The molecule has 0 aliphatic heterocycles. The number of carbonyl (C=O) groups is 1. The van der Waals surface area contributed by atoms with E-state index in [1.54, 1.807) is 0 Å². The van der Waals surface area contributed by atoms with Gasteiger partial charge in [0.2, 0.25) is 0 Å². The summed E-state index contributed by atoms with van der Waals surface area (Å²) in [5.74, 6) is -0.0255. The first-order valence-electron chi connectivity index (χ1n) is 5.61. The second-order valence-electron chi connectivity index (χ2n) is 3.77. The molecule has 0 radical (unpaired) electrons. The summed E-state index contributed by atoms with van der Waals surface area (Å²) in [6, 6.07) is 4.02. The van der Waals surface area contributed by atoms with E-state index in [1.165, 1.54) is 25.3 Å². The smallest absolute Gasteiger partial charge is 0.166 e. The maximum Gasteiger partial charge on any atom is 0.166 e. The maximum absolute atomic E-state index is 13.1. The Kier molecular flexibility index (Phi) is 6.19. The van der Waals surface area contributed by atoms with Gasteiger partial charge in [-0.2, -0.15) is 0 Å². The minimum Gasteiger partial charge on any atom is -0.496 e. The molecular weight excluding hydrogens is 287 g/mol. The van der Waals surface area contributed by atoms with E-state index in [1.807, 2.05) is 0 Å². The standard InChI is InChI=1S/C13H16BrFO2/c1-17-13-7-6-10(15)9-11(13)12(16)5-3-2-4-8-14/h6-7,9H,2-5,8H2,1H3. The molecule has 0 aliphatic carbocycles. The number of carbonyl (C=O) groups excluding carboxylic acids is 1. The molecule has 1 rings (SSSR count). The molecule has 0 heterocycles. The van der Waals surface area contributed by atoms with E-state index in [4.69, 9.17) is 4.74 Å².